The Morgan fingerprint density at radius 1 is 1.25 bits per heavy atom. The number of amides is 1. The summed E-state index contributed by atoms with van der Waals surface area (Å²) in [5.74, 6) is -0.313. The number of hydrogen-bond acceptors (Lipinski definition) is 3. The van der Waals surface area contributed by atoms with Gasteiger partial charge in [0.25, 0.3) is 0 Å². The van der Waals surface area contributed by atoms with Crippen LogP contribution in [0, 0.1) is 0 Å². The average molecular weight is 415 g/mol. The molecule has 0 heterocycles. The van der Waals surface area contributed by atoms with Gasteiger partial charge in [-0.3, -0.25) is 4.79 Å². The summed E-state index contributed by atoms with van der Waals surface area (Å²) in [7, 11) is -3.71. The molecule has 24 heavy (non-hydrogen) atoms. The Morgan fingerprint density at radius 2 is 1.96 bits per heavy atom. The Hall–Kier alpha value is -1.18. The van der Waals surface area contributed by atoms with Crippen LogP contribution in [0.4, 0.5) is 0 Å². The molecular formula is C17H23BrN2O3S. The van der Waals surface area contributed by atoms with Gasteiger partial charge in [0.05, 0.1) is 10.9 Å². The molecule has 0 aromatic heterocycles. The number of hydrogen-bond donors (Lipinski definition) is 2. The predicted molar refractivity (Wildman–Crippen MR) is 98.1 cm³/mol. The average Bonchev–Trinajstić information content (AvgIpc) is 2.55. The van der Waals surface area contributed by atoms with Crippen LogP contribution in [0.15, 0.2) is 45.3 Å². The molecule has 0 spiro atoms. The molecule has 2 rings (SSSR count). The fraction of sp³-hybridized carbons (Fsp3) is 0.471. The van der Waals surface area contributed by atoms with Gasteiger partial charge in [-0.25, -0.2) is 8.42 Å². The van der Waals surface area contributed by atoms with Crippen molar-refractivity contribution in [1.82, 2.24) is 10.0 Å². The van der Waals surface area contributed by atoms with E-state index in [0.717, 1.165) is 23.7 Å². The van der Waals surface area contributed by atoms with Crippen molar-refractivity contribution in [3.8, 4) is 0 Å². The molecule has 1 amide bonds. The second-order valence-electron chi connectivity index (χ2n) is 5.95. The molecule has 2 N–H and O–H groups in total. The van der Waals surface area contributed by atoms with Crippen LogP contribution in [0.5, 0.6) is 0 Å². The van der Waals surface area contributed by atoms with Gasteiger partial charge in [0.15, 0.2) is 0 Å². The Bertz CT molecular complexity index is 699. The van der Waals surface area contributed by atoms with Gasteiger partial charge in [0.2, 0.25) is 15.9 Å². The van der Waals surface area contributed by atoms with E-state index in [0.29, 0.717) is 6.54 Å². The zero-order valence-electron chi connectivity index (χ0n) is 13.7. The van der Waals surface area contributed by atoms with Gasteiger partial charge in [0, 0.05) is 11.0 Å². The summed E-state index contributed by atoms with van der Waals surface area (Å²) in [5.41, 5.74) is 1.38. The Balaban J connectivity index is 1.84. The molecule has 0 radical (unpaired) electrons. The lowest BCUT2D eigenvalue weighted by Crippen LogP contribution is -2.45. The van der Waals surface area contributed by atoms with Gasteiger partial charge >= 0.3 is 0 Å². The van der Waals surface area contributed by atoms with E-state index in [1.807, 2.05) is 0 Å². The normalized spacial score (nSPS) is 16.3. The van der Waals surface area contributed by atoms with E-state index in [4.69, 9.17) is 0 Å². The Kier molecular flexibility index (Phi) is 7.01. The van der Waals surface area contributed by atoms with Crippen molar-refractivity contribution in [2.75, 3.05) is 6.54 Å². The summed E-state index contributed by atoms with van der Waals surface area (Å²) < 4.78 is 27.7. The highest BCUT2D eigenvalue weighted by Gasteiger charge is 2.21. The molecule has 0 bridgehead atoms. The molecule has 0 aliphatic heterocycles. The maximum absolute atomic E-state index is 12.3. The minimum Gasteiger partial charge on any atom is -0.354 e. The highest BCUT2D eigenvalue weighted by Crippen LogP contribution is 2.19. The van der Waals surface area contributed by atoms with Gasteiger partial charge in [-0.1, -0.05) is 27.6 Å². The maximum atomic E-state index is 12.3. The van der Waals surface area contributed by atoms with Crippen molar-refractivity contribution in [3.05, 3.63) is 40.4 Å². The lowest BCUT2D eigenvalue weighted by Gasteiger charge is -2.16. The first kappa shape index (κ1) is 19.1. The molecule has 7 heteroatoms. The SMILES string of the molecule is C[C@@H](NS(=O)(=O)c1ccc(Br)cc1)C(=O)NCCC1=CCCCC1. The number of benzene rings is 1. The number of carbonyl (C=O) groups excluding carboxylic acids is 1. The van der Waals surface area contributed by atoms with Gasteiger partial charge < -0.3 is 5.32 Å². The largest absolute Gasteiger partial charge is 0.354 e. The number of sulfonamides is 1. The number of rotatable bonds is 7. The third kappa shape index (κ3) is 5.72. The minimum atomic E-state index is -3.71. The monoisotopic (exact) mass is 414 g/mol. The van der Waals surface area contributed by atoms with Crippen molar-refractivity contribution < 1.29 is 13.2 Å². The van der Waals surface area contributed by atoms with Crippen LogP contribution in [0.25, 0.3) is 0 Å². The molecule has 1 aliphatic carbocycles. The van der Waals surface area contributed by atoms with Gasteiger partial charge in [-0.05, 0) is 63.3 Å². The molecule has 0 saturated carbocycles. The molecule has 0 saturated heterocycles. The van der Waals surface area contributed by atoms with Crippen LogP contribution in [0.3, 0.4) is 0 Å². The van der Waals surface area contributed by atoms with E-state index in [2.05, 4.69) is 32.0 Å². The predicted octanol–water partition coefficient (Wildman–Crippen LogP) is 3.12. The Labute approximate surface area is 152 Å². The second kappa shape index (κ2) is 8.78. The number of halogens is 1. The lowest BCUT2D eigenvalue weighted by molar-refractivity contribution is -0.122. The van der Waals surface area contributed by atoms with Crippen LogP contribution < -0.4 is 10.0 Å². The van der Waals surface area contributed by atoms with Crippen molar-refractivity contribution in [3.63, 3.8) is 0 Å². The van der Waals surface area contributed by atoms with Crippen LogP contribution in [0.1, 0.15) is 39.0 Å². The first-order valence-corrected chi connectivity index (χ1v) is 10.4. The van der Waals surface area contributed by atoms with Crippen LogP contribution in [-0.4, -0.2) is 26.9 Å². The van der Waals surface area contributed by atoms with Gasteiger partial charge in [-0.2, -0.15) is 4.72 Å². The van der Waals surface area contributed by atoms with E-state index in [-0.39, 0.29) is 10.8 Å². The van der Waals surface area contributed by atoms with Gasteiger partial charge in [0.1, 0.15) is 0 Å². The van der Waals surface area contributed by atoms with E-state index in [1.165, 1.54) is 30.5 Å². The summed E-state index contributed by atoms with van der Waals surface area (Å²) in [6, 6.07) is 5.46. The number of carbonyl (C=O) groups is 1. The molecular weight excluding hydrogens is 392 g/mol. The van der Waals surface area contributed by atoms with E-state index in [1.54, 1.807) is 19.1 Å². The lowest BCUT2D eigenvalue weighted by atomic mass is 9.97. The molecule has 1 atom stereocenters. The standard InChI is InChI=1S/C17H23BrN2O3S/c1-13(17(21)19-12-11-14-5-3-2-4-6-14)20-24(22,23)16-9-7-15(18)8-10-16/h5,7-10,13,20H,2-4,6,11-12H2,1H3,(H,19,21)/t13-/m1/s1. The highest BCUT2D eigenvalue weighted by atomic mass is 79.9. The second-order valence-corrected chi connectivity index (χ2v) is 8.58. The maximum Gasteiger partial charge on any atom is 0.241 e. The smallest absolute Gasteiger partial charge is 0.241 e. The molecule has 1 aliphatic rings. The van der Waals surface area contributed by atoms with E-state index in [9.17, 15) is 13.2 Å². The summed E-state index contributed by atoms with van der Waals surface area (Å²) in [6.07, 6.45) is 7.75. The number of nitrogens with one attached hydrogen (secondary N) is 2. The highest BCUT2D eigenvalue weighted by molar-refractivity contribution is 9.10. The fourth-order valence-corrected chi connectivity index (χ4v) is 4.07. The zero-order chi connectivity index (χ0) is 17.6. The third-order valence-corrected chi connectivity index (χ3v) is 6.06. The third-order valence-electron chi connectivity index (χ3n) is 3.98. The summed E-state index contributed by atoms with van der Waals surface area (Å²) in [6.45, 7) is 2.08. The summed E-state index contributed by atoms with van der Waals surface area (Å²) >= 11 is 3.26. The molecule has 0 fully saturated rings. The van der Waals surface area contributed by atoms with E-state index < -0.39 is 16.1 Å². The summed E-state index contributed by atoms with van der Waals surface area (Å²) in [5, 5.41) is 2.80. The first-order chi connectivity index (χ1) is 11.4. The van der Waals surface area contributed by atoms with Crippen molar-refractivity contribution in [2.45, 2.75) is 50.0 Å². The van der Waals surface area contributed by atoms with Crippen LogP contribution in [0.2, 0.25) is 0 Å². The topological polar surface area (TPSA) is 75.3 Å². The van der Waals surface area contributed by atoms with Gasteiger partial charge in [-0.15, -0.1) is 0 Å². The van der Waals surface area contributed by atoms with E-state index >= 15 is 0 Å². The van der Waals surface area contributed by atoms with Crippen LogP contribution in [-0.2, 0) is 14.8 Å². The fourth-order valence-electron chi connectivity index (χ4n) is 2.60. The summed E-state index contributed by atoms with van der Waals surface area (Å²) in [4.78, 5) is 12.2. The first-order valence-electron chi connectivity index (χ1n) is 8.12. The Morgan fingerprint density at radius 3 is 2.58 bits per heavy atom. The van der Waals surface area contributed by atoms with Crippen molar-refractivity contribution in [1.29, 1.82) is 0 Å². The molecule has 132 valence electrons. The van der Waals surface area contributed by atoms with Crippen molar-refractivity contribution in [2.24, 2.45) is 0 Å². The number of allylic oxidation sites excluding steroid dienone is 1. The molecule has 0 unspecified atom stereocenters. The zero-order valence-corrected chi connectivity index (χ0v) is 16.1. The quantitative estimate of drug-likeness (QED) is 0.672. The van der Waals surface area contributed by atoms with Crippen LogP contribution >= 0.6 is 15.9 Å². The van der Waals surface area contributed by atoms with Crippen molar-refractivity contribution >= 4 is 31.9 Å². The molecule has 5 nitrogen and oxygen atoms in total. The minimum absolute atomic E-state index is 0.137. The molecule has 1 aromatic rings. The molecule has 1 aromatic carbocycles.